The van der Waals surface area contributed by atoms with Gasteiger partial charge in [-0.3, -0.25) is 0 Å². The molecule has 0 aliphatic heterocycles. The van der Waals surface area contributed by atoms with E-state index in [1.54, 1.807) is 0 Å². The summed E-state index contributed by atoms with van der Waals surface area (Å²) in [5.41, 5.74) is 5.20. The van der Waals surface area contributed by atoms with Gasteiger partial charge in [0.15, 0.2) is 0 Å². The standard InChI is InChI=1S/C13H10OS/c15-14-13-7-3-6-11-10-5-2-1-4-9(10)8-12(11)13/h1-7,15H,8H2. The van der Waals surface area contributed by atoms with E-state index in [2.05, 4.69) is 43.2 Å². The average molecular weight is 214 g/mol. The molecule has 0 saturated heterocycles. The highest BCUT2D eigenvalue weighted by molar-refractivity contribution is 7.75. The zero-order valence-corrected chi connectivity index (χ0v) is 9.00. The third kappa shape index (κ3) is 1.25. The highest BCUT2D eigenvalue weighted by Gasteiger charge is 2.20. The molecule has 0 fully saturated rings. The topological polar surface area (TPSA) is 9.23 Å². The van der Waals surface area contributed by atoms with Gasteiger partial charge >= 0.3 is 0 Å². The van der Waals surface area contributed by atoms with Crippen molar-refractivity contribution in [2.45, 2.75) is 6.42 Å². The summed E-state index contributed by atoms with van der Waals surface area (Å²) in [5.74, 6) is 0.868. The Morgan fingerprint density at radius 2 is 1.73 bits per heavy atom. The lowest BCUT2D eigenvalue weighted by Gasteiger charge is -2.04. The second-order valence-electron chi connectivity index (χ2n) is 3.71. The van der Waals surface area contributed by atoms with Crippen LogP contribution < -0.4 is 4.18 Å². The molecular formula is C13H10OS. The van der Waals surface area contributed by atoms with Gasteiger partial charge in [0, 0.05) is 24.9 Å². The number of hydrogen-bond donors (Lipinski definition) is 1. The van der Waals surface area contributed by atoms with Gasteiger partial charge in [0.2, 0.25) is 0 Å². The summed E-state index contributed by atoms with van der Waals surface area (Å²) in [5, 5.41) is 0. The molecule has 2 aromatic carbocycles. The third-order valence-corrected chi connectivity index (χ3v) is 3.10. The maximum Gasteiger partial charge on any atom is 0.141 e. The van der Waals surface area contributed by atoms with Gasteiger partial charge in [-0.15, -0.1) is 0 Å². The number of rotatable bonds is 1. The smallest absolute Gasteiger partial charge is 0.141 e. The molecule has 15 heavy (non-hydrogen) atoms. The average Bonchev–Trinajstić information content (AvgIpc) is 2.67. The third-order valence-electron chi connectivity index (χ3n) is 2.91. The molecule has 1 aliphatic rings. The van der Waals surface area contributed by atoms with Crippen LogP contribution in [0.3, 0.4) is 0 Å². The summed E-state index contributed by atoms with van der Waals surface area (Å²) in [6, 6.07) is 14.6. The molecule has 1 aliphatic carbocycles. The van der Waals surface area contributed by atoms with E-state index in [-0.39, 0.29) is 0 Å². The van der Waals surface area contributed by atoms with Crippen LogP contribution in [0.5, 0.6) is 5.75 Å². The first kappa shape index (κ1) is 8.86. The Bertz CT molecular complexity index is 520. The van der Waals surface area contributed by atoms with Gasteiger partial charge in [-0.25, -0.2) is 0 Å². The summed E-state index contributed by atoms with van der Waals surface area (Å²) >= 11 is 3.89. The fourth-order valence-corrected chi connectivity index (χ4v) is 2.38. The molecule has 0 unspecified atom stereocenters. The van der Waals surface area contributed by atoms with Crippen molar-refractivity contribution in [1.29, 1.82) is 0 Å². The number of benzene rings is 2. The van der Waals surface area contributed by atoms with Crippen LogP contribution in [0.2, 0.25) is 0 Å². The van der Waals surface area contributed by atoms with Crippen LogP contribution in [-0.4, -0.2) is 0 Å². The zero-order valence-electron chi connectivity index (χ0n) is 8.10. The Hall–Kier alpha value is -1.41. The lowest BCUT2D eigenvalue weighted by atomic mass is 10.1. The van der Waals surface area contributed by atoms with Crippen molar-refractivity contribution in [3.63, 3.8) is 0 Å². The van der Waals surface area contributed by atoms with Crippen molar-refractivity contribution in [2.75, 3.05) is 0 Å². The minimum absolute atomic E-state index is 0.868. The maximum absolute atomic E-state index is 5.08. The van der Waals surface area contributed by atoms with E-state index < -0.39 is 0 Å². The number of thiol groups is 1. The van der Waals surface area contributed by atoms with Crippen molar-refractivity contribution in [2.24, 2.45) is 0 Å². The molecule has 2 heteroatoms. The van der Waals surface area contributed by atoms with E-state index in [1.807, 2.05) is 12.1 Å². The van der Waals surface area contributed by atoms with E-state index >= 15 is 0 Å². The fraction of sp³-hybridized carbons (Fsp3) is 0.0769. The van der Waals surface area contributed by atoms with Gasteiger partial charge in [-0.1, -0.05) is 36.4 Å². The first-order chi connectivity index (χ1) is 7.40. The molecule has 0 saturated carbocycles. The van der Waals surface area contributed by atoms with Crippen LogP contribution in [0.1, 0.15) is 11.1 Å². The van der Waals surface area contributed by atoms with Crippen LogP contribution in [0.15, 0.2) is 42.5 Å². The van der Waals surface area contributed by atoms with Gasteiger partial charge in [0.1, 0.15) is 5.75 Å². The quantitative estimate of drug-likeness (QED) is 0.482. The largest absolute Gasteiger partial charge is 0.429 e. The Labute approximate surface area is 94.3 Å². The molecule has 3 rings (SSSR count). The number of fused-ring (bicyclic) bond motifs is 3. The second-order valence-corrected chi connectivity index (χ2v) is 3.89. The van der Waals surface area contributed by atoms with Crippen molar-refractivity contribution < 1.29 is 4.18 Å². The highest BCUT2D eigenvalue weighted by atomic mass is 32.1. The molecule has 0 amide bonds. The molecule has 0 spiro atoms. The minimum Gasteiger partial charge on any atom is -0.429 e. The van der Waals surface area contributed by atoms with Gasteiger partial charge in [0.05, 0.1) is 0 Å². The van der Waals surface area contributed by atoms with Gasteiger partial charge in [-0.05, 0) is 22.8 Å². The van der Waals surface area contributed by atoms with Gasteiger partial charge in [-0.2, -0.15) is 0 Å². The molecule has 0 heterocycles. The maximum atomic E-state index is 5.08. The summed E-state index contributed by atoms with van der Waals surface area (Å²) in [4.78, 5) is 0. The van der Waals surface area contributed by atoms with Crippen LogP contribution in [0.25, 0.3) is 11.1 Å². The molecule has 0 radical (unpaired) electrons. The van der Waals surface area contributed by atoms with E-state index in [0.29, 0.717) is 0 Å². The highest BCUT2D eigenvalue weighted by Crippen LogP contribution is 2.40. The van der Waals surface area contributed by atoms with E-state index in [0.717, 1.165) is 12.2 Å². The minimum atomic E-state index is 0.868. The predicted octanol–water partition coefficient (Wildman–Crippen LogP) is 3.48. The van der Waals surface area contributed by atoms with Gasteiger partial charge in [0.25, 0.3) is 0 Å². The predicted molar refractivity (Wildman–Crippen MR) is 64.3 cm³/mol. The van der Waals surface area contributed by atoms with Crippen molar-refractivity contribution in [3.8, 4) is 16.9 Å². The van der Waals surface area contributed by atoms with Crippen molar-refractivity contribution in [1.82, 2.24) is 0 Å². The van der Waals surface area contributed by atoms with E-state index in [4.69, 9.17) is 4.18 Å². The first-order valence-corrected chi connectivity index (χ1v) is 5.28. The summed E-state index contributed by atoms with van der Waals surface area (Å²) in [7, 11) is 0. The molecule has 1 nitrogen and oxygen atoms in total. The van der Waals surface area contributed by atoms with E-state index in [1.165, 1.54) is 22.3 Å². The van der Waals surface area contributed by atoms with Crippen molar-refractivity contribution in [3.05, 3.63) is 53.6 Å². The lowest BCUT2D eigenvalue weighted by Crippen LogP contribution is -1.85. The monoisotopic (exact) mass is 214 g/mol. The molecule has 2 aromatic rings. The van der Waals surface area contributed by atoms with Crippen LogP contribution in [-0.2, 0) is 6.42 Å². The van der Waals surface area contributed by atoms with Crippen LogP contribution in [0, 0.1) is 0 Å². The van der Waals surface area contributed by atoms with Crippen LogP contribution >= 0.6 is 12.9 Å². The van der Waals surface area contributed by atoms with E-state index in [9.17, 15) is 0 Å². The molecule has 0 N–H and O–H groups in total. The Kier molecular flexibility index (Phi) is 1.96. The number of hydrogen-bond acceptors (Lipinski definition) is 2. The summed E-state index contributed by atoms with van der Waals surface area (Å²) in [6.07, 6.45) is 0.947. The summed E-state index contributed by atoms with van der Waals surface area (Å²) < 4.78 is 5.08. The molecule has 0 aromatic heterocycles. The van der Waals surface area contributed by atoms with Crippen molar-refractivity contribution >= 4 is 12.9 Å². The normalized spacial score (nSPS) is 12.1. The molecule has 0 atom stereocenters. The Morgan fingerprint density at radius 3 is 2.60 bits per heavy atom. The SMILES string of the molecule is SOc1cccc2c1Cc1ccccc1-2. The molecule has 0 bridgehead atoms. The second kappa shape index (κ2) is 3.31. The Morgan fingerprint density at radius 1 is 0.933 bits per heavy atom. The molecule has 74 valence electrons. The lowest BCUT2D eigenvalue weighted by molar-refractivity contribution is 0.651. The van der Waals surface area contributed by atoms with Crippen LogP contribution in [0.4, 0.5) is 0 Å². The molecular weight excluding hydrogens is 204 g/mol. The fourth-order valence-electron chi connectivity index (χ4n) is 2.21. The Balaban J connectivity index is 2.26. The first-order valence-electron chi connectivity index (χ1n) is 4.92. The zero-order chi connectivity index (χ0) is 10.3. The summed E-state index contributed by atoms with van der Waals surface area (Å²) in [6.45, 7) is 0. The van der Waals surface area contributed by atoms with Gasteiger partial charge < -0.3 is 4.18 Å².